The van der Waals surface area contributed by atoms with Crippen LogP contribution in [0.2, 0.25) is 0 Å². The van der Waals surface area contributed by atoms with Gasteiger partial charge in [-0.15, -0.1) is 0 Å². The van der Waals surface area contributed by atoms with Gasteiger partial charge in [0.25, 0.3) is 6.43 Å². The highest BCUT2D eigenvalue weighted by molar-refractivity contribution is 6.15. The highest BCUT2D eigenvalue weighted by atomic mass is 19.3. The molecule has 2 aliphatic rings. The topological polar surface area (TPSA) is 34.5 Å². The molecule has 124 valence electrons. The Labute approximate surface area is 139 Å². The van der Waals surface area contributed by atoms with Gasteiger partial charge in [-0.2, -0.15) is 0 Å². The molecule has 1 aliphatic heterocycles. The monoisotopic (exact) mass is 328 g/mol. The third-order valence-corrected chi connectivity index (χ3v) is 4.90. The van der Waals surface area contributed by atoms with Crippen molar-refractivity contribution in [2.24, 2.45) is 4.99 Å². The smallest absolute Gasteiger partial charge is 0.280 e. The van der Waals surface area contributed by atoms with Crippen molar-refractivity contribution in [2.75, 3.05) is 0 Å². The van der Waals surface area contributed by atoms with Gasteiger partial charge in [-0.25, -0.2) is 8.78 Å². The number of nitrogens with zero attached hydrogens (tertiary/aromatic N) is 2. The van der Waals surface area contributed by atoms with Gasteiger partial charge in [0.1, 0.15) is 17.5 Å². The first-order valence-electron chi connectivity index (χ1n) is 8.11. The van der Waals surface area contributed by atoms with E-state index in [4.69, 9.17) is 9.73 Å². The number of para-hydroxylation sites is 1. The zero-order valence-electron chi connectivity index (χ0n) is 13.6. The quantitative estimate of drug-likeness (QED) is 0.815. The second-order valence-electron chi connectivity index (χ2n) is 6.55. The molecule has 1 atom stereocenters. The van der Waals surface area contributed by atoms with Gasteiger partial charge in [0, 0.05) is 17.3 Å². The van der Waals surface area contributed by atoms with Crippen molar-refractivity contribution >= 4 is 5.71 Å². The minimum atomic E-state index is -2.57. The SMILES string of the molecule is Cc1cc(C2=NC3(CC3)[C@H](C)Oc3ccccc32)cnc1C(F)F. The fourth-order valence-corrected chi connectivity index (χ4v) is 3.25. The van der Waals surface area contributed by atoms with Crippen LogP contribution >= 0.6 is 0 Å². The van der Waals surface area contributed by atoms with E-state index in [9.17, 15) is 8.78 Å². The number of aromatic nitrogens is 1. The summed E-state index contributed by atoms with van der Waals surface area (Å²) in [6, 6.07) is 9.49. The molecule has 1 aliphatic carbocycles. The third kappa shape index (κ3) is 2.39. The van der Waals surface area contributed by atoms with Crippen LogP contribution in [0.15, 0.2) is 41.5 Å². The van der Waals surface area contributed by atoms with E-state index in [2.05, 4.69) is 4.98 Å². The minimum absolute atomic E-state index is 0.00876. The van der Waals surface area contributed by atoms with E-state index in [0.29, 0.717) is 5.56 Å². The first-order valence-corrected chi connectivity index (χ1v) is 8.11. The zero-order chi connectivity index (χ0) is 16.9. The number of aryl methyl sites for hydroxylation is 1. The highest BCUT2D eigenvalue weighted by Gasteiger charge is 2.51. The van der Waals surface area contributed by atoms with Gasteiger partial charge in [-0.1, -0.05) is 12.1 Å². The molecule has 0 N–H and O–H groups in total. The van der Waals surface area contributed by atoms with E-state index in [0.717, 1.165) is 35.4 Å². The predicted molar refractivity (Wildman–Crippen MR) is 88.1 cm³/mol. The number of rotatable bonds is 2. The van der Waals surface area contributed by atoms with Crippen molar-refractivity contribution in [1.82, 2.24) is 4.98 Å². The molecule has 2 heterocycles. The van der Waals surface area contributed by atoms with Crippen molar-refractivity contribution < 1.29 is 13.5 Å². The summed E-state index contributed by atoms with van der Waals surface area (Å²) < 4.78 is 32.1. The first-order chi connectivity index (χ1) is 11.5. The summed E-state index contributed by atoms with van der Waals surface area (Å²) in [6.07, 6.45) is 0.877. The zero-order valence-corrected chi connectivity index (χ0v) is 13.6. The van der Waals surface area contributed by atoms with Gasteiger partial charge in [-0.05, 0) is 50.5 Å². The Balaban J connectivity index is 1.87. The number of hydrogen-bond acceptors (Lipinski definition) is 3. The molecule has 24 heavy (non-hydrogen) atoms. The van der Waals surface area contributed by atoms with Gasteiger partial charge in [0.2, 0.25) is 0 Å². The lowest BCUT2D eigenvalue weighted by Gasteiger charge is -2.18. The van der Waals surface area contributed by atoms with Crippen LogP contribution in [0.1, 0.15) is 48.6 Å². The molecule has 0 radical (unpaired) electrons. The Kier molecular flexibility index (Phi) is 3.41. The van der Waals surface area contributed by atoms with Crippen LogP contribution in [0.3, 0.4) is 0 Å². The van der Waals surface area contributed by atoms with Gasteiger partial charge in [0.15, 0.2) is 0 Å². The Bertz CT molecular complexity index is 828. The Morgan fingerprint density at radius 1 is 1.25 bits per heavy atom. The van der Waals surface area contributed by atoms with E-state index in [-0.39, 0.29) is 17.3 Å². The lowest BCUT2D eigenvalue weighted by atomic mass is 10.0. The summed E-state index contributed by atoms with van der Waals surface area (Å²) in [5.74, 6) is 0.781. The number of halogens is 2. The number of ether oxygens (including phenoxy) is 1. The van der Waals surface area contributed by atoms with E-state index in [1.807, 2.05) is 31.2 Å². The molecule has 2 aromatic rings. The molecule has 5 heteroatoms. The van der Waals surface area contributed by atoms with Crippen molar-refractivity contribution in [3.63, 3.8) is 0 Å². The van der Waals surface area contributed by atoms with E-state index in [1.165, 1.54) is 6.20 Å². The Morgan fingerprint density at radius 2 is 2.00 bits per heavy atom. The fraction of sp³-hybridized carbons (Fsp3) is 0.368. The molecule has 0 unspecified atom stereocenters. The van der Waals surface area contributed by atoms with Crippen LogP contribution in [0, 0.1) is 6.92 Å². The summed E-state index contributed by atoms with van der Waals surface area (Å²) in [5, 5.41) is 0. The van der Waals surface area contributed by atoms with Gasteiger partial charge < -0.3 is 4.74 Å². The largest absolute Gasteiger partial charge is 0.487 e. The maximum Gasteiger partial charge on any atom is 0.280 e. The van der Waals surface area contributed by atoms with Crippen molar-refractivity contribution in [3.05, 3.63) is 58.9 Å². The summed E-state index contributed by atoms with van der Waals surface area (Å²) in [7, 11) is 0. The van der Waals surface area contributed by atoms with Crippen molar-refractivity contribution in [1.29, 1.82) is 0 Å². The van der Waals surface area contributed by atoms with Crippen molar-refractivity contribution in [2.45, 2.75) is 44.8 Å². The maximum atomic E-state index is 13.0. The average Bonchev–Trinajstić information content (AvgIpc) is 3.35. The Morgan fingerprint density at radius 3 is 2.67 bits per heavy atom. The normalized spacial score (nSPS) is 21.0. The second-order valence-corrected chi connectivity index (χ2v) is 6.55. The molecular weight excluding hydrogens is 310 g/mol. The molecule has 1 aromatic carbocycles. The molecule has 3 nitrogen and oxygen atoms in total. The van der Waals surface area contributed by atoms with Crippen LogP contribution in [0.25, 0.3) is 0 Å². The molecule has 0 amide bonds. The van der Waals surface area contributed by atoms with Crippen LogP contribution in [-0.2, 0) is 0 Å². The standard InChI is InChI=1S/C19H18F2N2O/c1-11-9-13(10-22-16(11)18(20)21)17-14-5-3-4-6-15(14)24-12(2)19(23-17)7-8-19/h3-6,9-10,12,18H,7-8H2,1-2H3/t12-/m0/s1. The maximum absolute atomic E-state index is 13.0. The first kappa shape index (κ1) is 15.2. The third-order valence-electron chi connectivity index (χ3n) is 4.90. The summed E-state index contributed by atoms with van der Waals surface area (Å²) in [5.41, 5.74) is 2.53. The van der Waals surface area contributed by atoms with E-state index in [1.54, 1.807) is 13.0 Å². The van der Waals surface area contributed by atoms with Gasteiger partial charge in [-0.3, -0.25) is 9.98 Å². The molecule has 0 bridgehead atoms. The molecular formula is C19H18F2N2O. The molecule has 0 saturated heterocycles. The van der Waals surface area contributed by atoms with Gasteiger partial charge >= 0.3 is 0 Å². The molecule has 1 spiro atoms. The van der Waals surface area contributed by atoms with Crippen molar-refractivity contribution in [3.8, 4) is 5.75 Å². The minimum Gasteiger partial charge on any atom is -0.487 e. The number of alkyl halides is 2. The molecule has 1 aromatic heterocycles. The lowest BCUT2D eigenvalue weighted by Crippen LogP contribution is -2.28. The van der Waals surface area contributed by atoms with Crippen LogP contribution in [0.5, 0.6) is 5.75 Å². The number of pyridine rings is 1. The summed E-state index contributed by atoms with van der Waals surface area (Å²) >= 11 is 0. The fourth-order valence-electron chi connectivity index (χ4n) is 3.25. The number of fused-ring (bicyclic) bond motifs is 1. The van der Waals surface area contributed by atoms with Crippen LogP contribution < -0.4 is 4.74 Å². The number of aliphatic imine (C=N–C) groups is 1. The Hall–Kier alpha value is -2.30. The van der Waals surface area contributed by atoms with Crippen LogP contribution in [0.4, 0.5) is 8.78 Å². The lowest BCUT2D eigenvalue weighted by molar-refractivity contribution is 0.145. The average molecular weight is 328 g/mol. The molecule has 1 fully saturated rings. The second kappa shape index (κ2) is 5.36. The predicted octanol–water partition coefficient (Wildman–Crippen LogP) is 4.48. The van der Waals surface area contributed by atoms with Crippen LogP contribution in [-0.4, -0.2) is 22.3 Å². The van der Waals surface area contributed by atoms with E-state index >= 15 is 0 Å². The highest BCUT2D eigenvalue weighted by Crippen LogP contribution is 2.47. The molecule has 4 rings (SSSR count). The van der Waals surface area contributed by atoms with Gasteiger partial charge in [0.05, 0.1) is 11.3 Å². The summed E-state index contributed by atoms with van der Waals surface area (Å²) in [6.45, 7) is 3.70. The number of benzene rings is 1. The van der Waals surface area contributed by atoms with E-state index < -0.39 is 6.43 Å². The molecule has 1 saturated carbocycles. The summed E-state index contributed by atoms with van der Waals surface area (Å²) in [4.78, 5) is 8.96. The number of hydrogen-bond donors (Lipinski definition) is 0.